The van der Waals surface area contributed by atoms with E-state index >= 15 is 0 Å². The molecular formula is C13H10FN3O2. The molecule has 0 atom stereocenters. The Morgan fingerprint density at radius 1 is 1.42 bits per heavy atom. The van der Waals surface area contributed by atoms with Gasteiger partial charge in [-0.2, -0.15) is 5.26 Å². The molecule has 0 bridgehead atoms. The summed E-state index contributed by atoms with van der Waals surface area (Å²) in [4.78, 5) is 11.6. The first kappa shape index (κ1) is 12.8. The van der Waals surface area contributed by atoms with Gasteiger partial charge in [-0.1, -0.05) is 6.07 Å². The normalized spacial score (nSPS) is 9.95. The molecule has 0 unspecified atom stereocenters. The van der Waals surface area contributed by atoms with E-state index in [-0.39, 0.29) is 29.1 Å². The van der Waals surface area contributed by atoms with Crippen LogP contribution in [0.1, 0.15) is 11.1 Å². The predicted octanol–water partition coefficient (Wildman–Crippen LogP) is 1.31. The van der Waals surface area contributed by atoms with Crippen LogP contribution in [0.4, 0.5) is 4.39 Å². The summed E-state index contributed by atoms with van der Waals surface area (Å²) in [6, 6.07) is 8.66. The number of hydrogen-bond acceptors (Lipinski definition) is 4. The molecule has 0 fully saturated rings. The highest BCUT2D eigenvalue weighted by atomic mass is 19.1. The van der Waals surface area contributed by atoms with E-state index in [1.165, 1.54) is 31.4 Å². The number of hydrogen-bond donors (Lipinski definition) is 0. The van der Waals surface area contributed by atoms with Gasteiger partial charge >= 0.3 is 0 Å². The van der Waals surface area contributed by atoms with E-state index in [2.05, 4.69) is 5.10 Å². The number of nitriles is 1. The first-order valence-electron chi connectivity index (χ1n) is 5.44. The van der Waals surface area contributed by atoms with Gasteiger partial charge in [-0.15, -0.1) is 5.10 Å². The first-order valence-corrected chi connectivity index (χ1v) is 5.44. The standard InChI is InChI=1S/C13H10FN3O2/c1-19-12-4-5-13(18)17(16-12)8-10-3-2-9(7-15)6-11(10)14/h2-6H,8H2,1H3. The lowest BCUT2D eigenvalue weighted by Gasteiger charge is -2.07. The Labute approximate surface area is 108 Å². The Balaban J connectivity index is 2.36. The second kappa shape index (κ2) is 5.31. The van der Waals surface area contributed by atoms with Crippen molar-refractivity contribution in [2.75, 3.05) is 7.11 Å². The van der Waals surface area contributed by atoms with Gasteiger partial charge in [-0.05, 0) is 12.1 Å². The fourth-order valence-electron chi connectivity index (χ4n) is 1.56. The highest BCUT2D eigenvalue weighted by molar-refractivity contribution is 5.32. The van der Waals surface area contributed by atoms with Gasteiger partial charge in [0, 0.05) is 17.7 Å². The number of methoxy groups -OCH3 is 1. The van der Waals surface area contributed by atoms with E-state index in [4.69, 9.17) is 10.00 Å². The summed E-state index contributed by atoms with van der Waals surface area (Å²) in [5.74, 6) is -0.274. The van der Waals surface area contributed by atoms with Crippen molar-refractivity contribution in [3.63, 3.8) is 0 Å². The average molecular weight is 259 g/mol. The van der Waals surface area contributed by atoms with E-state index in [1.54, 1.807) is 0 Å². The topological polar surface area (TPSA) is 67.9 Å². The van der Waals surface area contributed by atoms with E-state index in [0.29, 0.717) is 0 Å². The van der Waals surface area contributed by atoms with Crippen molar-refractivity contribution in [3.8, 4) is 11.9 Å². The monoisotopic (exact) mass is 259 g/mol. The van der Waals surface area contributed by atoms with Gasteiger partial charge in [0.1, 0.15) is 5.82 Å². The minimum absolute atomic E-state index is 0.0203. The maximum atomic E-state index is 13.7. The van der Waals surface area contributed by atoms with Crippen LogP contribution < -0.4 is 10.3 Å². The molecule has 1 heterocycles. The van der Waals surface area contributed by atoms with Gasteiger partial charge in [0.15, 0.2) is 0 Å². The molecule has 0 amide bonds. The lowest BCUT2D eigenvalue weighted by Crippen LogP contribution is -2.23. The number of ether oxygens (including phenoxy) is 1. The Bertz CT molecular complexity index is 704. The Kier molecular flexibility index (Phi) is 3.57. The Morgan fingerprint density at radius 3 is 2.84 bits per heavy atom. The molecule has 1 aromatic heterocycles. The largest absolute Gasteiger partial charge is 0.480 e. The van der Waals surface area contributed by atoms with Crippen molar-refractivity contribution in [1.82, 2.24) is 9.78 Å². The molecule has 5 nitrogen and oxygen atoms in total. The fraction of sp³-hybridized carbons (Fsp3) is 0.154. The van der Waals surface area contributed by atoms with Crippen LogP contribution in [-0.4, -0.2) is 16.9 Å². The van der Waals surface area contributed by atoms with Crippen molar-refractivity contribution >= 4 is 0 Å². The third kappa shape index (κ3) is 2.77. The van der Waals surface area contributed by atoms with Gasteiger partial charge in [0.05, 0.1) is 25.3 Å². The molecule has 0 saturated carbocycles. The van der Waals surface area contributed by atoms with Gasteiger partial charge in [0.25, 0.3) is 5.56 Å². The van der Waals surface area contributed by atoms with Gasteiger partial charge < -0.3 is 4.74 Å². The average Bonchev–Trinajstić information content (AvgIpc) is 2.43. The zero-order valence-corrected chi connectivity index (χ0v) is 10.1. The molecule has 96 valence electrons. The minimum atomic E-state index is -0.546. The SMILES string of the molecule is COc1ccc(=O)n(Cc2ccc(C#N)cc2F)n1. The summed E-state index contributed by atoms with van der Waals surface area (Å²) >= 11 is 0. The summed E-state index contributed by atoms with van der Waals surface area (Å²) in [5.41, 5.74) is 0.151. The molecule has 0 N–H and O–H groups in total. The molecule has 2 rings (SSSR count). The van der Waals surface area contributed by atoms with E-state index in [9.17, 15) is 9.18 Å². The minimum Gasteiger partial charge on any atom is -0.480 e. The zero-order chi connectivity index (χ0) is 13.8. The highest BCUT2D eigenvalue weighted by Gasteiger charge is 2.07. The molecular weight excluding hydrogens is 249 g/mol. The van der Waals surface area contributed by atoms with Crippen LogP contribution in [0.15, 0.2) is 35.1 Å². The predicted molar refractivity (Wildman–Crippen MR) is 65.3 cm³/mol. The highest BCUT2D eigenvalue weighted by Crippen LogP contribution is 2.11. The number of nitrogens with zero attached hydrogens (tertiary/aromatic N) is 3. The van der Waals surface area contributed by atoms with Crippen LogP contribution in [0.2, 0.25) is 0 Å². The molecule has 0 saturated heterocycles. The van der Waals surface area contributed by atoms with Gasteiger partial charge in [-0.25, -0.2) is 9.07 Å². The van der Waals surface area contributed by atoms with Crippen LogP contribution in [0.5, 0.6) is 5.88 Å². The van der Waals surface area contributed by atoms with Crippen molar-refractivity contribution < 1.29 is 9.13 Å². The molecule has 0 radical (unpaired) electrons. The molecule has 1 aromatic carbocycles. The lowest BCUT2D eigenvalue weighted by atomic mass is 10.1. The third-order valence-electron chi connectivity index (χ3n) is 2.55. The quantitative estimate of drug-likeness (QED) is 0.833. The summed E-state index contributed by atoms with van der Waals surface area (Å²) in [6.07, 6.45) is 0. The number of halogens is 1. The second-order valence-corrected chi connectivity index (χ2v) is 3.79. The van der Waals surface area contributed by atoms with Crippen molar-refractivity contribution in [1.29, 1.82) is 5.26 Å². The molecule has 0 aliphatic heterocycles. The Hall–Kier alpha value is -2.68. The van der Waals surface area contributed by atoms with Crippen LogP contribution >= 0.6 is 0 Å². The van der Waals surface area contributed by atoms with Crippen molar-refractivity contribution in [2.24, 2.45) is 0 Å². The molecule has 19 heavy (non-hydrogen) atoms. The first-order chi connectivity index (χ1) is 9.13. The van der Waals surface area contributed by atoms with E-state index in [0.717, 1.165) is 10.7 Å². The molecule has 0 aliphatic carbocycles. The molecule has 6 heteroatoms. The van der Waals surface area contributed by atoms with E-state index < -0.39 is 5.82 Å². The van der Waals surface area contributed by atoms with Crippen molar-refractivity contribution in [3.05, 3.63) is 57.6 Å². The smallest absolute Gasteiger partial charge is 0.267 e. The third-order valence-corrected chi connectivity index (χ3v) is 2.55. The second-order valence-electron chi connectivity index (χ2n) is 3.79. The van der Waals surface area contributed by atoms with Crippen LogP contribution in [0.3, 0.4) is 0 Å². The van der Waals surface area contributed by atoms with Crippen LogP contribution in [0, 0.1) is 17.1 Å². The molecule has 0 spiro atoms. The maximum Gasteiger partial charge on any atom is 0.267 e. The number of rotatable bonds is 3. The summed E-state index contributed by atoms with van der Waals surface area (Å²) < 4.78 is 19.7. The molecule has 2 aromatic rings. The molecule has 0 aliphatic rings. The number of aromatic nitrogens is 2. The van der Waals surface area contributed by atoms with Crippen LogP contribution in [-0.2, 0) is 6.54 Å². The van der Waals surface area contributed by atoms with Gasteiger partial charge in [0.2, 0.25) is 5.88 Å². The number of benzene rings is 1. The fourth-order valence-corrected chi connectivity index (χ4v) is 1.56. The van der Waals surface area contributed by atoms with Crippen LogP contribution in [0.25, 0.3) is 0 Å². The summed E-state index contributed by atoms with van der Waals surface area (Å²) in [6.45, 7) is -0.0203. The lowest BCUT2D eigenvalue weighted by molar-refractivity contribution is 0.378. The zero-order valence-electron chi connectivity index (χ0n) is 10.1. The van der Waals surface area contributed by atoms with E-state index in [1.807, 2.05) is 6.07 Å². The van der Waals surface area contributed by atoms with Crippen molar-refractivity contribution in [2.45, 2.75) is 6.54 Å². The maximum absolute atomic E-state index is 13.7. The van der Waals surface area contributed by atoms with Gasteiger partial charge in [-0.3, -0.25) is 4.79 Å². The Morgan fingerprint density at radius 2 is 2.21 bits per heavy atom. The summed E-state index contributed by atoms with van der Waals surface area (Å²) in [7, 11) is 1.43. The summed E-state index contributed by atoms with van der Waals surface area (Å²) in [5, 5.41) is 12.6.